The van der Waals surface area contributed by atoms with Crippen LogP contribution in [0.4, 0.5) is 11.8 Å². The van der Waals surface area contributed by atoms with Crippen LogP contribution in [0.1, 0.15) is 36.6 Å². The van der Waals surface area contributed by atoms with Crippen molar-refractivity contribution in [2.45, 2.75) is 31.3 Å². The highest BCUT2D eigenvalue weighted by atomic mass is 16.4. The number of rotatable bonds is 5. The van der Waals surface area contributed by atoms with E-state index in [9.17, 15) is 0 Å². The molecule has 0 amide bonds. The number of likely N-dealkylation sites (tertiary alicyclic amines) is 1. The second-order valence-electron chi connectivity index (χ2n) is 8.61. The average Bonchev–Trinajstić information content (AvgIpc) is 3.20. The Balaban J connectivity index is 1.34. The van der Waals surface area contributed by atoms with Crippen molar-refractivity contribution in [2.75, 3.05) is 30.7 Å². The number of anilines is 2. The van der Waals surface area contributed by atoms with Crippen molar-refractivity contribution in [3.8, 4) is 11.8 Å². The second-order valence-corrected chi connectivity index (χ2v) is 8.61. The fourth-order valence-electron chi connectivity index (χ4n) is 4.30. The van der Waals surface area contributed by atoms with Gasteiger partial charge in [-0.15, -0.1) is 6.58 Å². The quantitative estimate of drug-likeness (QED) is 0.360. The highest BCUT2D eigenvalue weighted by molar-refractivity contribution is 5.90. The van der Waals surface area contributed by atoms with E-state index in [0.717, 1.165) is 61.2 Å². The Morgan fingerprint density at radius 2 is 2.15 bits per heavy atom. The third-order valence-corrected chi connectivity index (χ3v) is 6.12. The van der Waals surface area contributed by atoms with Crippen LogP contribution in [-0.4, -0.2) is 55.3 Å². The lowest BCUT2D eigenvalue weighted by Gasteiger charge is -2.14. The van der Waals surface area contributed by atoms with Gasteiger partial charge < -0.3 is 15.5 Å². The van der Waals surface area contributed by atoms with Crippen molar-refractivity contribution in [1.82, 2.24) is 29.6 Å². The molecular weight excluding hydrogens is 416 g/mol. The number of aromatic nitrogens is 5. The molecular formula is C24H24N8O. The molecule has 1 saturated heterocycles. The third kappa shape index (κ3) is 3.79. The molecule has 9 nitrogen and oxygen atoms in total. The summed E-state index contributed by atoms with van der Waals surface area (Å²) < 4.78 is 7.72. The van der Waals surface area contributed by atoms with E-state index >= 15 is 0 Å². The number of oxazole rings is 1. The van der Waals surface area contributed by atoms with Crippen LogP contribution < -0.4 is 11.1 Å². The molecule has 2 aliphatic rings. The van der Waals surface area contributed by atoms with Gasteiger partial charge in [0.2, 0.25) is 0 Å². The van der Waals surface area contributed by atoms with Crippen LogP contribution in [0, 0.1) is 11.8 Å². The predicted molar refractivity (Wildman–Crippen MR) is 127 cm³/mol. The Morgan fingerprint density at radius 3 is 3.00 bits per heavy atom. The molecule has 33 heavy (non-hydrogen) atoms. The van der Waals surface area contributed by atoms with E-state index in [1.807, 2.05) is 29.0 Å². The zero-order valence-electron chi connectivity index (χ0n) is 18.2. The van der Waals surface area contributed by atoms with Crippen LogP contribution in [0.25, 0.3) is 22.1 Å². The standard InChI is InChI=1S/C24H24N8O/c1-2-10-31-11-9-17(13-31)32-23-21(22(25)26-14-27-23)18(30-32)7-3-15-4-8-20-19(12-15)29-24(33-20)28-16-5-6-16/h2,4,8,12,14,16-17H,1,5-6,9-11,13H2,(H,28,29)(H2,25,26,27)/t17-/m0/s1. The lowest BCUT2D eigenvalue weighted by atomic mass is 10.2. The number of fused-ring (bicyclic) bond motifs is 2. The molecule has 0 spiro atoms. The van der Waals surface area contributed by atoms with Gasteiger partial charge in [0.1, 0.15) is 23.4 Å². The van der Waals surface area contributed by atoms with Crippen LogP contribution in [0.3, 0.4) is 0 Å². The molecule has 1 atom stereocenters. The lowest BCUT2D eigenvalue weighted by molar-refractivity contribution is 0.353. The first-order valence-electron chi connectivity index (χ1n) is 11.2. The number of nitrogens with one attached hydrogen (secondary N) is 1. The van der Waals surface area contributed by atoms with Gasteiger partial charge in [-0.1, -0.05) is 12.0 Å². The molecule has 1 aliphatic heterocycles. The van der Waals surface area contributed by atoms with Crippen molar-refractivity contribution in [2.24, 2.45) is 0 Å². The van der Waals surface area contributed by atoms with Crippen molar-refractivity contribution < 1.29 is 4.42 Å². The molecule has 1 saturated carbocycles. The Hall–Kier alpha value is -3.90. The van der Waals surface area contributed by atoms with E-state index in [1.165, 1.54) is 6.33 Å². The summed E-state index contributed by atoms with van der Waals surface area (Å²) >= 11 is 0. The topological polar surface area (TPSA) is 111 Å². The molecule has 9 heteroatoms. The molecule has 166 valence electrons. The van der Waals surface area contributed by atoms with Gasteiger partial charge in [-0.05, 0) is 43.4 Å². The highest BCUT2D eigenvalue weighted by Gasteiger charge is 2.27. The molecule has 1 aliphatic carbocycles. The fraction of sp³-hybridized carbons (Fsp3) is 0.333. The van der Waals surface area contributed by atoms with Crippen LogP contribution in [0.2, 0.25) is 0 Å². The summed E-state index contributed by atoms with van der Waals surface area (Å²) in [5.41, 5.74) is 9.85. The summed E-state index contributed by atoms with van der Waals surface area (Å²) in [6.07, 6.45) is 6.72. The lowest BCUT2D eigenvalue weighted by Crippen LogP contribution is -2.22. The van der Waals surface area contributed by atoms with Gasteiger partial charge in [-0.2, -0.15) is 10.1 Å². The smallest absolute Gasteiger partial charge is 0.295 e. The first kappa shape index (κ1) is 19.8. The maximum Gasteiger partial charge on any atom is 0.295 e. The predicted octanol–water partition coefficient (Wildman–Crippen LogP) is 2.96. The van der Waals surface area contributed by atoms with Crippen LogP contribution >= 0.6 is 0 Å². The number of nitrogen functional groups attached to an aromatic ring is 1. The van der Waals surface area contributed by atoms with Crippen LogP contribution in [-0.2, 0) is 0 Å². The van der Waals surface area contributed by atoms with Gasteiger partial charge in [0.25, 0.3) is 6.01 Å². The van der Waals surface area contributed by atoms with Crippen molar-refractivity contribution in [3.63, 3.8) is 0 Å². The van der Waals surface area contributed by atoms with Gasteiger partial charge in [0.05, 0.1) is 11.4 Å². The zero-order valence-corrected chi connectivity index (χ0v) is 18.2. The number of nitrogens with two attached hydrogens (primary N) is 1. The molecule has 0 unspecified atom stereocenters. The number of benzene rings is 1. The van der Waals surface area contributed by atoms with Gasteiger partial charge in [0.15, 0.2) is 11.2 Å². The first-order chi connectivity index (χ1) is 16.2. The van der Waals surface area contributed by atoms with Crippen molar-refractivity contribution >= 4 is 34.0 Å². The zero-order chi connectivity index (χ0) is 22.4. The third-order valence-electron chi connectivity index (χ3n) is 6.12. The average molecular weight is 441 g/mol. The van der Waals surface area contributed by atoms with Crippen molar-refractivity contribution in [1.29, 1.82) is 0 Å². The Morgan fingerprint density at radius 1 is 1.24 bits per heavy atom. The normalized spacial score (nSPS) is 18.5. The molecule has 4 aromatic rings. The van der Waals surface area contributed by atoms with Crippen LogP contribution in [0.5, 0.6) is 0 Å². The van der Waals surface area contributed by atoms with E-state index in [0.29, 0.717) is 29.0 Å². The number of hydrogen-bond acceptors (Lipinski definition) is 8. The molecule has 1 aromatic carbocycles. The largest absolute Gasteiger partial charge is 0.424 e. The minimum atomic E-state index is 0.209. The molecule has 4 heterocycles. The van der Waals surface area contributed by atoms with Gasteiger partial charge in [-0.25, -0.2) is 14.6 Å². The summed E-state index contributed by atoms with van der Waals surface area (Å²) in [5.74, 6) is 6.79. The monoisotopic (exact) mass is 440 g/mol. The minimum Gasteiger partial charge on any atom is -0.424 e. The maximum atomic E-state index is 6.21. The Kier molecular flexibility index (Phi) is 4.73. The molecule has 3 aromatic heterocycles. The Labute approximate surface area is 190 Å². The van der Waals surface area contributed by atoms with E-state index in [2.05, 4.69) is 43.6 Å². The van der Waals surface area contributed by atoms with E-state index in [1.54, 1.807) is 0 Å². The van der Waals surface area contributed by atoms with Gasteiger partial charge in [0, 0.05) is 31.2 Å². The summed E-state index contributed by atoms with van der Waals surface area (Å²) in [6, 6.07) is 7.00. The summed E-state index contributed by atoms with van der Waals surface area (Å²) in [4.78, 5) is 15.5. The molecule has 6 rings (SSSR count). The summed E-state index contributed by atoms with van der Waals surface area (Å²) in [6.45, 7) is 6.59. The number of nitrogens with zero attached hydrogens (tertiary/aromatic N) is 6. The maximum absolute atomic E-state index is 6.21. The minimum absolute atomic E-state index is 0.209. The van der Waals surface area contributed by atoms with E-state index < -0.39 is 0 Å². The molecule has 0 radical (unpaired) electrons. The summed E-state index contributed by atoms with van der Waals surface area (Å²) in [7, 11) is 0. The second kappa shape index (κ2) is 7.90. The molecule has 2 fully saturated rings. The summed E-state index contributed by atoms with van der Waals surface area (Å²) in [5, 5.41) is 8.80. The Bertz CT molecular complexity index is 1420. The van der Waals surface area contributed by atoms with Crippen LogP contribution in [0.15, 0.2) is 41.6 Å². The van der Waals surface area contributed by atoms with E-state index in [4.69, 9.17) is 15.2 Å². The van der Waals surface area contributed by atoms with E-state index in [-0.39, 0.29) is 6.04 Å². The van der Waals surface area contributed by atoms with Gasteiger partial charge in [-0.3, -0.25) is 4.90 Å². The van der Waals surface area contributed by atoms with Crippen molar-refractivity contribution in [3.05, 3.63) is 48.4 Å². The molecule has 3 N–H and O–H groups in total. The number of hydrogen-bond donors (Lipinski definition) is 2. The SMILES string of the molecule is C=CCN1CC[C@H](n2nc(C#Cc3ccc4oc(NC5CC5)nc4c3)c3c(N)ncnc32)C1. The van der Waals surface area contributed by atoms with Gasteiger partial charge >= 0.3 is 0 Å². The fourth-order valence-corrected chi connectivity index (χ4v) is 4.30. The first-order valence-corrected chi connectivity index (χ1v) is 11.2. The molecule has 0 bridgehead atoms. The highest BCUT2D eigenvalue weighted by Crippen LogP contribution is 2.29.